The summed E-state index contributed by atoms with van der Waals surface area (Å²) in [6.07, 6.45) is 1.61. The van der Waals surface area contributed by atoms with E-state index in [9.17, 15) is 0 Å². The lowest BCUT2D eigenvalue weighted by atomic mass is 10.0. The van der Waals surface area contributed by atoms with E-state index in [1.807, 2.05) is 25.1 Å². The summed E-state index contributed by atoms with van der Waals surface area (Å²) in [6.45, 7) is 12.7. The van der Waals surface area contributed by atoms with Crippen molar-refractivity contribution in [3.8, 4) is 17.9 Å². The Hall–Kier alpha value is -2.46. The van der Waals surface area contributed by atoms with E-state index < -0.39 is 0 Å². The van der Waals surface area contributed by atoms with Crippen molar-refractivity contribution >= 4 is 11.8 Å². The summed E-state index contributed by atoms with van der Waals surface area (Å²) in [7, 11) is 1.65. The molecule has 0 aliphatic rings. The van der Waals surface area contributed by atoms with Crippen molar-refractivity contribution in [2.24, 2.45) is 11.8 Å². The monoisotopic (exact) mass is 325 g/mol. The van der Waals surface area contributed by atoms with E-state index in [4.69, 9.17) is 15.3 Å². The predicted octanol–water partition coefficient (Wildman–Crippen LogP) is 4.55. The van der Waals surface area contributed by atoms with Gasteiger partial charge in [-0.05, 0) is 48.1 Å². The Morgan fingerprint density at radius 3 is 2.08 bits per heavy atom. The number of nitrogens with zero attached hydrogens (tertiary/aromatic N) is 3. The van der Waals surface area contributed by atoms with Crippen molar-refractivity contribution in [1.29, 1.82) is 10.5 Å². The topological polar surface area (TPSA) is 60.0 Å². The standard InChI is InChI=1S/C20H27N3O/c1-14(2)12-23(13-15(3)4)19-7-16(5)18(9-20(19)24-6)8-17(10-21)11-22/h7-9,14-15H,12-13H2,1-6H3. The summed E-state index contributed by atoms with van der Waals surface area (Å²) in [5, 5.41) is 17.9. The van der Waals surface area contributed by atoms with Gasteiger partial charge in [0.05, 0.1) is 12.8 Å². The third kappa shape index (κ3) is 5.32. The summed E-state index contributed by atoms with van der Waals surface area (Å²) in [6, 6.07) is 7.80. The molecule has 0 bridgehead atoms. The van der Waals surface area contributed by atoms with Crippen molar-refractivity contribution in [2.75, 3.05) is 25.1 Å². The maximum atomic E-state index is 8.97. The molecule has 0 saturated carbocycles. The Kier molecular flexibility index (Phi) is 7.33. The number of allylic oxidation sites excluding steroid dienone is 1. The molecule has 128 valence electrons. The third-order valence-corrected chi connectivity index (χ3v) is 3.62. The van der Waals surface area contributed by atoms with Crippen molar-refractivity contribution in [3.63, 3.8) is 0 Å². The minimum atomic E-state index is 0.0918. The molecule has 24 heavy (non-hydrogen) atoms. The number of methoxy groups -OCH3 is 1. The number of nitriles is 2. The molecule has 0 N–H and O–H groups in total. The molecule has 4 nitrogen and oxygen atoms in total. The van der Waals surface area contributed by atoms with Gasteiger partial charge in [0, 0.05) is 13.1 Å². The van der Waals surface area contributed by atoms with E-state index in [0.29, 0.717) is 11.8 Å². The molecule has 0 heterocycles. The highest BCUT2D eigenvalue weighted by molar-refractivity contribution is 5.71. The number of hydrogen-bond donors (Lipinski definition) is 0. The second-order valence-corrected chi connectivity index (χ2v) is 6.85. The average molecular weight is 325 g/mol. The van der Waals surface area contributed by atoms with Gasteiger partial charge in [-0.1, -0.05) is 27.7 Å². The highest BCUT2D eigenvalue weighted by atomic mass is 16.5. The first-order valence-electron chi connectivity index (χ1n) is 8.27. The van der Waals surface area contributed by atoms with Gasteiger partial charge >= 0.3 is 0 Å². The maximum absolute atomic E-state index is 8.97. The molecular formula is C20H27N3O. The zero-order valence-electron chi connectivity index (χ0n) is 15.6. The molecule has 0 unspecified atom stereocenters. The highest BCUT2D eigenvalue weighted by Crippen LogP contribution is 2.33. The van der Waals surface area contributed by atoms with Crippen LogP contribution < -0.4 is 9.64 Å². The Morgan fingerprint density at radius 2 is 1.67 bits per heavy atom. The van der Waals surface area contributed by atoms with Crippen LogP contribution in [0.5, 0.6) is 5.75 Å². The van der Waals surface area contributed by atoms with Crippen LogP contribution in [-0.2, 0) is 0 Å². The molecule has 0 atom stereocenters. The van der Waals surface area contributed by atoms with E-state index in [1.165, 1.54) is 0 Å². The molecule has 1 aromatic rings. The number of hydrogen-bond acceptors (Lipinski definition) is 4. The minimum absolute atomic E-state index is 0.0918. The number of aryl methyl sites for hydroxylation is 1. The maximum Gasteiger partial charge on any atom is 0.142 e. The van der Waals surface area contributed by atoms with Gasteiger partial charge in [-0.3, -0.25) is 0 Å². The van der Waals surface area contributed by atoms with Crippen molar-refractivity contribution < 1.29 is 4.74 Å². The zero-order valence-corrected chi connectivity index (χ0v) is 15.6. The van der Waals surface area contributed by atoms with E-state index in [2.05, 4.69) is 38.7 Å². The van der Waals surface area contributed by atoms with Crippen molar-refractivity contribution in [2.45, 2.75) is 34.6 Å². The fourth-order valence-electron chi connectivity index (χ4n) is 2.65. The van der Waals surface area contributed by atoms with E-state index in [0.717, 1.165) is 35.7 Å². The Labute approximate surface area is 146 Å². The largest absolute Gasteiger partial charge is 0.495 e. The molecule has 0 radical (unpaired) electrons. The lowest BCUT2D eigenvalue weighted by Gasteiger charge is -2.30. The first-order valence-corrected chi connectivity index (χ1v) is 8.27. The van der Waals surface area contributed by atoms with Crippen LogP contribution in [0.3, 0.4) is 0 Å². The molecule has 1 rings (SSSR count). The lowest BCUT2D eigenvalue weighted by molar-refractivity contribution is 0.412. The van der Waals surface area contributed by atoms with Gasteiger partial charge < -0.3 is 9.64 Å². The Balaban J connectivity index is 3.38. The van der Waals surface area contributed by atoms with Gasteiger partial charge in [-0.25, -0.2) is 0 Å². The molecule has 4 heteroatoms. The van der Waals surface area contributed by atoms with Crippen molar-refractivity contribution in [3.05, 3.63) is 28.8 Å². The molecule has 1 aromatic carbocycles. The molecule has 0 aliphatic carbocycles. The summed E-state index contributed by atoms with van der Waals surface area (Å²) in [5.74, 6) is 1.85. The summed E-state index contributed by atoms with van der Waals surface area (Å²) >= 11 is 0. The van der Waals surface area contributed by atoms with Crippen LogP contribution in [0.4, 0.5) is 5.69 Å². The van der Waals surface area contributed by atoms with Gasteiger partial charge in [-0.2, -0.15) is 10.5 Å². The number of benzene rings is 1. The molecule has 0 saturated heterocycles. The third-order valence-electron chi connectivity index (χ3n) is 3.62. The number of ether oxygens (including phenoxy) is 1. The first kappa shape index (κ1) is 19.6. The van der Waals surface area contributed by atoms with Crippen LogP contribution in [0, 0.1) is 41.4 Å². The SMILES string of the molecule is COc1cc(C=C(C#N)C#N)c(C)cc1N(CC(C)C)CC(C)C. The zero-order chi connectivity index (χ0) is 18.3. The van der Waals surface area contributed by atoms with Crippen LogP contribution in [0.15, 0.2) is 17.7 Å². The molecule has 0 amide bonds. The van der Waals surface area contributed by atoms with Crippen LogP contribution in [-0.4, -0.2) is 20.2 Å². The smallest absolute Gasteiger partial charge is 0.142 e. The molecule has 0 aromatic heterocycles. The van der Waals surface area contributed by atoms with Crippen LogP contribution >= 0.6 is 0 Å². The van der Waals surface area contributed by atoms with Crippen molar-refractivity contribution in [1.82, 2.24) is 0 Å². The second kappa shape index (κ2) is 8.99. The highest BCUT2D eigenvalue weighted by Gasteiger charge is 2.17. The van der Waals surface area contributed by atoms with Gasteiger partial charge in [0.15, 0.2) is 0 Å². The fourth-order valence-corrected chi connectivity index (χ4v) is 2.65. The normalized spacial score (nSPS) is 10.2. The number of rotatable bonds is 7. The van der Waals surface area contributed by atoms with E-state index >= 15 is 0 Å². The Morgan fingerprint density at radius 1 is 1.12 bits per heavy atom. The first-order chi connectivity index (χ1) is 11.3. The van der Waals surface area contributed by atoms with E-state index in [-0.39, 0.29) is 5.57 Å². The average Bonchev–Trinajstić information content (AvgIpc) is 2.51. The van der Waals surface area contributed by atoms with Gasteiger partial charge in [-0.15, -0.1) is 0 Å². The van der Waals surface area contributed by atoms with Gasteiger partial charge in [0.25, 0.3) is 0 Å². The van der Waals surface area contributed by atoms with Crippen LogP contribution in [0.1, 0.15) is 38.8 Å². The quantitative estimate of drug-likeness (QED) is 0.690. The summed E-state index contributed by atoms with van der Waals surface area (Å²) in [5.41, 5.74) is 3.01. The number of anilines is 1. The minimum Gasteiger partial charge on any atom is -0.495 e. The molecular weight excluding hydrogens is 298 g/mol. The predicted molar refractivity (Wildman–Crippen MR) is 98.8 cm³/mol. The van der Waals surface area contributed by atoms with Gasteiger partial charge in [0.2, 0.25) is 0 Å². The van der Waals surface area contributed by atoms with E-state index in [1.54, 1.807) is 13.2 Å². The second-order valence-electron chi connectivity index (χ2n) is 6.85. The lowest BCUT2D eigenvalue weighted by Crippen LogP contribution is -2.31. The van der Waals surface area contributed by atoms with Gasteiger partial charge in [0.1, 0.15) is 23.5 Å². The van der Waals surface area contributed by atoms with Crippen LogP contribution in [0.2, 0.25) is 0 Å². The Bertz CT molecular complexity index is 649. The molecule has 0 fully saturated rings. The van der Waals surface area contributed by atoms with Crippen LogP contribution in [0.25, 0.3) is 6.08 Å². The molecule has 0 aliphatic heterocycles. The molecule has 0 spiro atoms. The fraction of sp³-hybridized carbons (Fsp3) is 0.500. The summed E-state index contributed by atoms with van der Waals surface area (Å²) in [4.78, 5) is 2.35. The summed E-state index contributed by atoms with van der Waals surface area (Å²) < 4.78 is 5.60.